The molecule has 2 saturated heterocycles. The van der Waals surface area contributed by atoms with Gasteiger partial charge in [-0.3, -0.25) is 19.1 Å². The van der Waals surface area contributed by atoms with Crippen molar-refractivity contribution >= 4 is 5.91 Å². The number of azide groups is 1. The van der Waals surface area contributed by atoms with E-state index in [4.69, 9.17) is 10.3 Å². The van der Waals surface area contributed by atoms with E-state index in [-0.39, 0.29) is 0 Å². The Labute approximate surface area is 150 Å². The number of nitrogens with zero attached hydrogens (tertiary/aromatic N) is 5. The standard InChI is InChI=1S/C14H17FN6O6/c15-8-9(23)14(6-22,18-19-16)27-12(8)21-5-7(10(24)17-13(21)26)11(25)20-3-1-2-4-20/h5,8-9,12,22-23H,1-4,6H2,(H,17,24,26)/t8-,9-,12+,14+/m0/s1. The van der Waals surface area contributed by atoms with Crippen molar-refractivity contribution in [3.05, 3.63) is 43.0 Å². The predicted molar refractivity (Wildman–Crippen MR) is 86.4 cm³/mol. The van der Waals surface area contributed by atoms with Crippen molar-refractivity contribution < 1.29 is 24.1 Å². The number of carbonyl (C=O) groups excluding carboxylic acids is 1. The zero-order valence-electron chi connectivity index (χ0n) is 14.0. The van der Waals surface area contributed by atoms with Gasteiger partial charge in [-0.05, 0) is 18.4 Å². The molecule has 12 nitrogen and oxygen atoms in total. The average Bonchev–Trinajstić information content (AvgIpc) is 3.26. The van der Waals surface area contributed by atoms with Crippen LogP contribution in [0.3, 0.4) is 0 Å². The van der Waals surface area contributed by atoms with Crippen molar-refractivity contribution in [1.82, 2.24) is 14.5 Å². The third kappa shape index (κ3) is 3.10. The van der Waals surface area contributed by atoms with Crippen LogP contribution in [0.25, 0.3) is 10.4 Å². The zero-order chi connectivity index (χ0) is 19.8. The Morgan fingerprint density at radius 3 is 2.74 bits per heavy atom. The fourth-order valence-corrected chi connectivity index (χ4v) is 3.20. The minimum atomic E-state index is -2.34. The Kier molecular flexibility index (Phi) is 5.02. The molecule has 0 unspecified atom stereocenters. The molecule has 146 valence electrons. The van der Waals surface area contributed by atoms with Crippen molar-refractivity contribution in [3.8, 4) is 0 Å². The molecule has 13 heteroatoms. The SMILES string of the molecule is [N-]=[N+]=N[C@]1(CO)O[C@@H](n2cc(C(=O)N3CCCC3)c(=O)[nH]c2=O)[C@@H](F)[C@@H]1O. The number of halogens is 1. The van der Waals surface area contributed by atoms with E-state index in [0.29, 0.717) is 17.7 Å². The first-order valence-electron chi connectivity index (χ1n) is 8.16. The summed E-state index contributed by atoms with van der Waals surface area (Å²) in [6, 6.07) is 0. The highest BCUT2D eigenvalue weighted by Gasteiger charge is 2.56. The summed E-state index contributed by atoms with van der Waals surface area (Å²) >= 11 is 0. The summed E-state index contributed by atoms with van der Waals surface area (Å²) in [5, 5.41) is 22.5. The van der Waals surface area contributed by atoms with Crippen molar-refractivity contribution in [2.75, 3.05) is 19.7 Å². The number of aromatic amines is 1. The second kappa shape index (κ2) is 7.12. The van der Waals surface area contributed by atoms with Gasteiger partial charge in [0.05, 0.1) is 6.61 Å². The van der Waals surface area contributed by atoms with Crippen LogP contribution in [0.1, 0.15) is 29.4 Å². The first-order chi connectivity index (χ1) is 12.8. The Hall–Kier alpha value is -2.73. The number of carbonyl (C=O) groups is 1. The summed E-state index contributed by atoms with van der Waals surface area (Å²) < 4.78 is 20.3. The molecule has 3 N–H and O–H groups in total. The van der Waals surface area contributed by atoms with E-state index in [0.717, 1.165) is 19.0 Å². The average molecular weight is 384 g/mol. The molecule has 1 aromatic rings. The molecule has 0 bridgehead atoms. The molecule has 0 saturated carbocycles. The van der Waals surface area contributed by atoms with Crippen LogP contribution in [0.15, 0.2) is 20.9 Å². The topological polar surface area (TPSA) is 174 Å². The van der Waals surface area contributed by atoms with Crippen LogP contribution in [0.5, 0.6) is 0 Å². The lowest BCUT2D eigenvalue weighted by atomic mass is 10.1. The highest BCUT2D eigenvalue weighted by molar-refractivity contribution is 5.93. The smallest absolute Gasteiger partial charge is 0.330 e. The second-order valence-corrected chi connectivity index (χ2v) is 6.30. The van der Waals surface area contributed by atoms with Gasteiger partial charge in [0.1, 0.15) is 11.7 Å². The molecular formula is C14H17FN6O6. The highest BCUT2D eigenvalue weighted by Crippen LogP contribution is 2.39. The molecule has 2 aliphatic rings. The van der Waals surface area contributed by atoms with Gasteiger partial charge < -0.3 is 19.8 Å². The Balaban J connectivity index is 2.03. The molecule has 2 aliphatic heterocycles. The number of likely N-dealkylation sites (tertiary alicyclic amines) is 1. The zero-order valence-corrected chi connectivity index (χ0v) is 14.0. The molecule has 2 fully saturated rings. The monoisotopic (exact) mass is 384 g/mol. The molecule has 27 heavy (non-hydrogen) atoms. The number of hydrogen-bond donors (Lipinski definition) is 3. The summed E-state index contributed by atoms with van der Waals surface area (Å²) in [4.78, 5) is 42.4. The summed E-state index contributed by atoms with van der Waals surface area (Å²) in [5.74, 6) is -0.625. The number of hydrogen-bond acceptors (Lipinski definition) is 7. The Morgan fingerprint density at radius 2 is 2.15 bits per heavy atom. The summed E-state index contributed by atoms with van der Waals surface area (Å²) in [7, 11) is 0. The van der Waals surface area contributed by atoms with Gasteiger partial charge in [-0.25, -0.2) is 9.18 Å². The van der Waals surface area contributed by atoms with Crippen LogP contribution < -0.4 is 11.2 Å². The molecule has 0 aliphatic carbocycles. The maximum Gasteiger partial charge on any atom is 0.330 e. The first kappa shape index (κ1) is 19.0. The molecule has 1 amide bonds. The van der Waals surface area contributed by atoms with Gasteiger partial charge in [0.2, 0.25) is 5.72 Å². The van der Waals surface area contributed by atoms with E-state index >= 15 is 0 Å². The highest BCUT2D eigenvalue weighted by atomic mass is 19.1. The second-order valence-electron chi connectivity index (χ2n) is 6.30. The minimum absolute atomic E-state index is 0.396. The maximum atomic E-state index is 14.6. The number of rotatable bonds is 4. The third-order valence-corrected chi connectivity index (χ3v) is 4.67. The van der Waals surface area contributed by atoms with Crippen LogP contribution in [0.2, 0.25) is 0 Å². The van der Waals surface area contributed by atoms with Crippen LogP contribution in [-0.4, -0.2) is 68.3 Å². The summed E-state index contributed by atoms with van der Waals surface area (Å²) in [6.45, 7) is -0.147. The van der Waals surface area contributed by atoms with Gasteiger partial charge in [0.15, 0.2) is 12.4 Å². The number of aliphatic hydroxyl groups excluding tert-OH is 2. The number of nitrogens with one attached hydrogen (secondary N) is 1. The van der Waals surface area contributed by atoms with Crippen molar-refractivity contribution in [3.63, 3.8) is 0 Å². The lowest BCUT2D eigenvalue weighted by Crippen LogP contribution is -2.43. The Bertz CT molecular complexity index is 904. The van der Waals surface area contributed by atoms with Crippen LogP contribution >= 0.6 is 0 Å². The molecule has 0 aromatic carbocycles. The number of H-pyrrole nitrogens is 1. The predicted octanol–water partition coefficient (Wildman–Crippen LogP) is -1.00. The van der Waals surface area contributed by atoms with Gasteiger partial charge in [-0.15, -0.1) is 0 Å². The van der Waals surface area contributed by atoms with Crippen molar-refractivity contribution in [1.29, 1.82) is 0 Å². The molecular weight excluding hydrogens is 367 g/mol. The largest absolute Gasteiger partial charge is 0.393 e. The van der Waals surface area contributed by atoms with Gasteiger partial charge in [0, 0.05) is 24.2 Å². The fourth-order valence-electron chi connectivity index (χ4n) is 3.20. The summed E-state index contributed by atoms with van der Waals surface area (Å²) in [5.41, 5.74) is 3.81. The fraction of sp³-hybridized carbons (Fsp3) is 0.643. The van der Waals surface area contributed by atoms with Crippen LogP contribution in [0, 0.1) is 0 Å². The van der Waals surface area contributed by atoms with Crippen LogP contribution in [0.4, 0.5) is 4.39 Å². The number of aromatic nitrogens is 2. The quantitative estimate of drug-likeness (QED) is 0.341. The van der Waals surface area contributed by atoms with Crippen molar-refractivity contribution in [2.45, 2.75) is 37.1 Å². The maximum absolute atomic E-state index is 14.6. The third-order valence-electron chi connectivity index (χ3n) is 4.67. The van der Waals surface area contributed by atoms with E-state index in [1.165, 1.54) is 4.90 Å². The number of alkyl halides is 1. The van der Waals surface area contributed by atoms with Gasteiger partial charge in [-0.1, -0.05) is 5.11 Å². The molecule has 3 rings (SSSR count). The lowest BCUT2D eigenvalue weighted by Gasteiger charge is -2.23. The normalized spacial score (nSPS) is 30.3. The van der Waals surface area contributed by atoms with E-state index in [9.17, 15) is 29.0 Å². The molecule has 0 spiro atoms. The first-order valence-corrected chi connectivity index (χ1v) is 8.16. The van der Waals surface area contributed by atoms with E-state index < -0.39 is 53.6 Å². The van der Waals surface area contributed by atoms with E-state index in [2.05, 4.69) is 10.0 Å². The molecule has 0 radical (unpaired) electrons. The Morgan fingerprint density at radius 1 is 1.48 bits per heavy atom. The molecule has 3 heterocycles. The molecule has 1 aromatic heterocycles. The van der Waals surface area contributed by atoms with E-state index in [1.807, 2.05) is 4.98 Å². The van der Waals surface area contributed by atoms with Gasteiger partial charge >= 0.3 is 5.69 Å². The number of ether oxygens (including phenoxy) is 1. The lowest BCUT2D eigenvalue weighted by molar-refractivity contribution is -0.124. The minimum Gasteiger partial charge on any atom is -0.393 e. The number of amides is 1. The van der Waals surface area contributed by atoms with Gasteiger partial charge in [-0.2, -0.15) is 0 Å². The van der Waals surface area contributed by atoms with Crippen molar-refractivity contribution in [2.24, 2.45) is 5.11 Å². The number of aliphatic hydroxyl groups is 2. The van der Waals surface area contributed by atoms with Crippen LogP contribution in [-0.2, 0) is 4.74 Å². The van der Waals surface area contributed by atoms with E-state index in [1.54, 1.807) is 0 Å². The summed E-state index contributed by atoms with van der Waals surface area (Å²) in [6.07, 6.45) is -3.78. The van der Waals surface area contributed by atoms with Gasteiger partial charge in [0.25, 0.3) is 11.5 Å². The molecule has 4 atom stereocenters.